The average Bonchev–Trinajstić information content (AvgIpc) is 2.54. The van der Waals surface area contributed by atoms with Gasteiger partial charge in [-0.1, -0.05) is 64.1 Å². The van der Waals surface area contributed by atoms with Crippen molar-refractivity contribution in [1.29, 1.82) is 0 Å². The van der Waals surface area contributed by atoms with Gasteiger partial charge < -0.3 is 39.6 Å². The van der Waals surface area contributed by atoms with Crippen LogP contribution in [0.2, 0.25) is 0 Å². The third-order valence-corrected chi connectivity index (χ3v) is 4.01. The second-order valence-electron chi connectivity index (χ2n) is 5.76. The fourth-order valence-corrected chi connectivity index (χ4v) is 2.30. The molecule has 2 aromatic carbocycles. The molecule has 0 heterocycles. The summed E-state index contributed by atoms with van der Waals surface area (Å²) in [5.41, 5.74) is 0. The molecule has 0 N–H and O–H groups in total. The van der Waals surface area contributed by atoms with E-state index in [1.807, 2.05) is 0 Å². The van der Waals surface area contributed by atoms with E-state index in [0.29, 0.717) is 0 Å². The summed E-state index contributed by atoms with van der Waals surface area (Å²) in [6.45, 7) is 6.44. The predicted octanol–water partition coefficient (Wildman–Crippen LogP) is -4.18. The van der Waals surface area contributed by atoms with Gasteiger partial charge in [-0.05, 0) is 24.3 Å². The number of benzene rings is 2. The molecule has 0 saturated heterocycles. The van der Waals surface area contributed by atoms with Gasteiger partial charge in [0, 0.05) is 0 Å². The molecule has 0 aliphatic rings. The molecule has 0 saturated carbocycles. The summed E-state index contributed by atoms with van der Waals surface area (Å²) in [6, 6.07) is 14.5. The zero-order chi connectivity index (χ0) is 22.4. The van der Waals surface area contributed by atoms with Crippen molar-refractivity contribution in [3.63, 3.8) is 0 Å². The van der Waals surface area contributed by atoms with Crippen molar-refractivity contribution >= 4 is 26.5 Å². The Labute approximate surface area is 188 Å². The molecule has 2 rings (SSSR count). The third kappa shape index (κ3) is 23.8. The number of hydrogen-bond acceptors (Lipinski definition) is 8. The van der Waals surface area contributed by atoms with Crippen LogP contribution in [0, 0.1) is 0 Å². The van der Waals surface area contributed by atoms with Crippen molar-refractivity contribution in [3.8, 4) is 0 Å². The van der Waals surface area contributed by atoms with Gasteiger partial charge in [0.05, 0.1) is 10.6 Å². The first-order valence-corrected chi connectivity index (χ1v) is 11.2. The molecule has 11 heteroatoms. The molecule has 0 amide bonds. The minimum Gasteiger partial charge on any atom is -0.852 e. The van der Waals surface area contributed by atoms with Crippen LogP contribution in [0.5, 0.6) is 0 Å². The molecule has 8 nitrogen and oxygen atoms in total. The van der Waals surface area contributed by atoms with Crippen molar-refractivity contribution in [1.82, 2.24) is 0 Å². The summed E-state index contributed by atoms with van der Waals surface area (Å²) < 4.78 is 0. The second-order valence-corrected chi connectivity index (χ2v) is 8.79. The SMILES string of the molecule is CC(C)[O-].CC(C)[O-].[O-][P+]([O-])([O-])c1ccccc1.[O-][P+]([O-])([O-])c1ccccc1.[Ti+4]. The first-order valence-electron chi connectivity index (χ1n) is 8.14. The van der Waals surface area contributed by atoms with Gasteiger partial charge in [-0.3, -0.25) is 0 Å². The first kappa shape index (κ1) is 33.3. The van der Waals surface area contributed by atoms with Crippen molar-refractivity contribution < 1.29 is 61.3 Å². The summed E-state index contributed by atoms with van der Waals surface area (Å²) in [5.74, 6) is 0. The first-order chi connectivity index (χ1) is 12.7. The molecule has 0 aliphatic carbocycles. The molecule has 0 unspecified atom stereocenters. The summed E-state index contributed by atoms with van der Waals surface area (Å²) in [4.78, 5) is 61.8. The molecular weight excluding hydrogens is 454 g/mol. The molecule has 0 bridgehead atoms. The van der Waals surface area contributed by atoms with E-state index in [-0.39, 0.29) is 32.3 Å². The average molecular weight is 478 g/mol. The molecular formula is C18H24O8P2Ti-2. The van der Waals surface area contributed by atoms with Crippen molar-refractivity contribution in [3.05, 3.63) is 60.7 Å². The maximum Gasteiger partial charge on any atom is 4.00 e. The molecule has 0 aromatic heterocycles. The Morgan fingerprint density at radius 1 is 0.517 bits per heavy atom. The normalized spacial score (nSPS) is 10.4. The standard InChI is InChI=1S/2C6H7O3P.2C3H7O.Ti/c2*7-10(8,9)6-4-2-1-3-5-6;2*1-3(2)4;/h2*1-5H,(H2,7,8,9);2*3H,1-2H3;/q;;2*-1;+4/p-4. The van der Waals surface area contributed by atoms with E-state index in [1.165, 1.54) is 48.5 Å². The van der Waals surface area contributed by atoms with Gasteiger partial charge in [-0.15, -0.1) is 28.1 Å². The Balaban J connectivity index is -0.000000336. The molecule has 0 spiro atoms. The van der Waals surface area contributed by atoms with E-state index in [9.17, 15) is 39.6 Å². The molecule has 29 heavy (non-hydrogen) atoms. The topological polar surface area (TPSA) is 184 Å². The number of rotatable bonds is 2. The van der Waals surface area contributed by atoms with E-state index in [4.69, 9.17) is 0 Å². The van der Waals surface area contributed by atoms with Crippen LogP contribution in [0.1, 0.15) is 27.7 Å². The largest absolute Gasteiger partial charge is 4.00 e. The van der Waals surface area contributed by atoms with Crippen LogP contribution in [0.3, 0.4) is 0 Å². The van der Waals surface area contributed by atoms with E-state index in [1.54, 1.807) is 39.8 Å². The molecule has 160 valence electrons. The van der Waals surface area contributed by atoms with Crippen LogP contribution in [0.4, 0.5) is 0 Å². The van der Waals surface area contributed by atoms with Gasteiger partial charge in [0.25, 0.3) is 0 Å². The monoisotopic (exact) mass is 478 g/mol. The second kappa shape index (κ2) is 17.4. The maximum absolute atomic E-state index is 10.3. The van der Waals surface area contributed by atoms with Crippen LogP contribution >= 0.6 is 15.9 Å². The van der Waals surface area contributed by atoms with Gasteiger partial charge in [0.2, 0.25) is 0 Å². The summed E-state index contributed by atoms with van der Waals surface area (Å²) in [5, 5.41) is 18.7. The third-order valence-electron chi connectivity index (χ3n) is 2.14. The summed E-state index contributed by atoms with van der Waals surface area (Å²) >= 11 is 0. The van der Waals surface area contributed by atoms with Gasteiger partial charge in [-0.2, -0.15) is 0 Å². The minimum absolute atomic E-state index is 0. The zero-order valence-electron chi connectivity index (χ0n) is 16.6. The van der Waals surface area contributed by atoms with Gasteiger partial charge >= 0.3 is 21.7 Å². The quantitative estimate of drug-likeness (QED) is 0.307. The Kier molecular flexibility index (Phi) is 20.0. The fourth-order valence-electron chi connectivity index (χ4n) is 1.22. The Bertz CT molecular complexity index is 542. The van der Waals surface area contributed by atoms with Crippen LogP contribution < -0.4 is 50.2 Å². The van der Waals surface area contributed by atoms with E-state index >= 15 is 0 Å². The summed E-state index contributed by atoms with van der Waals surface area (Å²) in [6.07, 6.45) is -0.833. The Morgan fingerprint density at radius 3 is 0.793 bits per heavy atom. The van der Waals surface area contributed by atoms with Crippen LogP contribution in [0.15, 0.2) is 60.7 Å². The Hall–Kier alpha value is -0.306. The van der Waals surface area contributed by atoms with Crippen molar-refractivity contribution in [2.45, 2.75) is 39.9 Å². The minimum atomic E-state index is -4.52. The van der Waals surface area contributed by atoms with Crippen LogP contribution in [-0.2, 0) is 21.7 Å². The number of hydrogen-bond donors (Lipinski definition) is 0. The van der Waals surface area contributed by atoms with Crippen molar-refractivity contribution in [2.24, 2.45) is 0 Å². The predicted molar refractivity (Wildman–Crippen MR) is 96.3 cm³/mol. The summed E-state index contributed by atoms with van der Waals surface area (Å²) in [7, 11) is -9.04. The molecule has 2 aromatic rings. The van der Waals surface area contributed by atoms with E-state index < -0.39 is 28.1 Å². The molecule has 0 atom stereocenters. The fraction of sp³-hybridized carbons (Fsp3) is 0.333. The smallest absolute Gasteiger partial charge is 0.852 e. The maximum atomic E-state index is 10.3. The van der Waals surface area contributed by atoms with Crippen LogP contribution in [-0.4, -0.2) is 12.2 Å². The van der Waals surface area contributed by atoms with Gasteiger partial charge in [0.15, 0.2) is 0 Å². The van der Waals surface area contributed by atoms with Gasteiger partial charge in [0.1, 0.15) is 0 Å². The van der Waals surface area contributed by atoms with E-state index in [2.05, 4.69) is 0 Å². The zero-order valence-corrected chi connectivity index (χ0v) is 19.9. The van der Waals surface area contributed by atoms with Crippen molar-refractivity contribution in [2.75, 3.05) is 0 Å². The Morgan fingerprint density at radius 2 is 0.690 bits per heavy atom. The molecule has 0 aliphatic heterocycles. The van der Waals surface area contributed by atoms with Crippen LogP contribution in [0.25, 0.3) is 0 Å². The van der Waals surface area contributed by atoms with E-state index in [0.717, 1.165) is 0 Å². The molecule has 0 radical (unpaired) electrons. The molecule has 0 fully saturated rings. The van der Waals surface area contributed by atoms with Gasteiger partial charge in [-0.25, -0.2) is 0 Å².